The first-order chi connectivity index (χ1) is 11.6. The lowest BCUT2D eigenvalue weighted by Crippen LogP contribution is -2.26. The third-order valence-corrected chi connectivity index (χ3v) is 5.42. The Morgan fingerprint density at radius 1 is 1.33 bits per heavy atom. The zero-order valence-corrected chi connectivity index (χ0v) is 15.1. The molecule has 24 heavy (non-hydrogen) atoms. The molecular formula is C19H30N4O. The molecule has 132 valence electrons. The molecule has 3 rings (SSSR count). The standard InChI is InChI=1S/C19H30N4O/c1-13-11-19-21-12-17(15(3)23(19)22-13)14(2)20-10-6-8-16-7-4-5-9-18(16)24/h11-12,14,16,18,20,24H,4-10H2,1-3H3/t14-,16-,18+/m0/s1. The van der Waals surface area contributed by atoms with Crippen LogP contribution in [0.3, 0.4) is 0 Å². The molecular weight excluding hydrogens is 300 g/mol. The third kappa shape index (κ3) is 3.78. The molecule has 0 aromatic carbocycles. The lowest BCUT2D eigenvalue weighted by molar-refractivity contribution is 0.0642. The van der Waals surface area contributed by atoms with Gasteiger partial charge in [0.15, 0.2) is 5.65 Å². The van der Waals surface area contributed by atoms with Gasteiger partial charge in [0, 0.05) is 29.6 Å². The number of fused-ring (bicyclic) bond motifs is 1. The fraction of sp³-hybridized carbons (Fsp3) is 0.684. The minimum atomic E-state index is -0.0759. The highest BCUT2D eigenvalue weighted by atomic mass is 16.3. The van der Waals surface area contributed by atoms with E-state index in [1.165, 1.54) is 24.8 Å². The van der Waals surface area contributed by atoms with Crippen LogP contribution in [0.5, 0.6) is 0 Å². The highest BCUT2D eigenvalue weighted by molar-refractivity contribution is 5.42. The maximum absolute atomic E-state index is 10.1. The molecule has 0 radical (unpaired) electrons. The number of aromatic nitrogens is 3. The van der Waals surface area contributed by atoms with E-state index >= 15 is 0 Å². The Morgan fingerprint density at radius 2 is 2.12 bits per heavy atom. The summed E-state index contributed by atoms with van der Waals surface area (Å²) in [5.74, 6) is 0.502. The quantitative estimate of drug-likeness (QED) is 0.798. The van der Waals surface area contributed by atoms with E-state index in [1.807, 2.05) is 23.7 Å². The predicted octanol–water partition coefficient (Wildman–Crippen LogP) is 3.33. The van der Waals surface area contributed by atoms with E-state index in [1.54, 1.807) is 0 Å². The Morgan fingerprint density at radius 3 is 2.92 bits per heavy atom. The molecule has 1 fully saturated rings. The molecule has 2 heterocycles. The van der Waals surface area contributed by atoms with Gasteiger partial charge in [-0.1, -0.05) is 12.8 Å². The molecule has 0 saturated heterocycles. The smallest absolute Gasteiger partial charge is 0.155 e. The minimum absolute atomic E-state index is 0.0759. The van der Waals surface area contributed by atoms with Crippen LogP contribution in [0.2, 0.25) is 0 Å². The van der Waals surface area contributed by atoms with E-state index in [4.69, 9.17) is 0 Å². The molecule has 0 spiro atoms. The average molecular weight is 330 g/mol. The van der Waals surface area contributed by atoms with Crippen molar-refractivity contribution in [3.8, 4) is 0 Å². The van der Waals surface area contributed by atoms with Gasteiger partial charge in [0.1, 0.15) is 0 Å². The fourth-order valence-corrected chi connectivity index (χ4v) is 3.92. The highest BCUT2D eigenvalue weighted by Gasteiger charge is 2.22. The molecule has 2 aromatic heterocycles. The van der Waals surface area contributed by atoms with Gasteiger partial charge in [0.05, 0.1) is 11.8 Å². The average Bonchev–Trinajstić information content (AvgIpc) is 2.94. The van der Waals surface area contributed by atoms with Crippen molar-refractivity contribution in [3.05, 3.63) is 29.2 Å². The molecule has 1 aliphatic carbocycles. The summed E-state index contributed by atoms with van der Waals surface area (Å²) in [6.07, 6.45) is 8.77. The van der Waals surface area contributed by atoms with Gasteiger partial charge in [-0.05, 0) is 58.9 Å². The third-order valence-electron chi connectivity index (χ3n) is 5.42. The van der Waals surface area contributed by atoms with Gasteiger partial charge in [-0.2, -0.15) is 5.10 Å². The van der Waals surface area contributed by atoms with Gasteiger partial charge in [0.25, 0.3) is 0 Å². The van der Waals surface area contributed by atoms with Gasteiger partial charge in [-0.25, -0.2) is 9.50 Å². The number of nitrogens with one attached hydrogen (secondary N) is 1. The minimum Gasteiger partial charge on any atom is -0.393 e. The van der Waals surface area contributed by atoms with Crippen LogP contribution in [0.1, 0.15) is 68.4 Å². The Kier molecular flexibility index (Phi) is 5.51. The van der Waals surface area contributed by atoms with Crippen molar-refractivity contribution in [1.29, 1.82) is 0 Å². The fourth-order valence-electron chi connectivity index (χ4n) is 3.92. The predicted molar refractivity (Wildman–Crippen MR) is 96.1 cm³/mol. The van der Waals surface area contributed by atoms with Crippen LogP contribution in [0, 0.1) is 19.8 Å². The number of aliphatic hydroxyl groups is 1. The Labute approximate surface area is 144 Å². The summed E-state index contributed by atoms with van der Waals surface area (Å²) in [5, 5.41) is 18.2. The molecule has 2 aromatic rings. The van der Waals surface area contributed by atoms with Crippen LogP contribution in [0.4, 0.5) is 0 Å². The van der Waals surface area contributed by atoms with Crippen LogP contribution < -0.4 is 5.32 Å². The van der Waals surface area contributed by atoms with Crippen molar-refractivity contribution >= 4 is 5.65 Å². The van der Waals surface area contributed by atoms with E-state index in [2.05, 4.69) is 29.2 Å². The SMILES string of the molecule is Cc1cc2ncc([C@H](C)NCCC[C@@H]3CCCC[C@H]3O)c(C)n2n1. The van der Waals surface area contributed by atoms with E-state index in [9.17, 15) is 5.11 Å². The number of aliphatic hydroxyl groups excluding tert-OH is 1. The van der Waals surface area contributed by atoms with Crippen LogP contribution in [0.25, 0.3) is 5.65 Å². The number of aryl methyl sites for hydroxylation is 2. The topological polar surface area (TPSA) is 62.5 Å². The van der Waals surface area contributed by atoms with Crippen LogP contribution in [-0.4, -0.2) is 32.4 Å². The molecule has 3 atom stereocenters. The second-order valence-corrected chi connectivity index (χ2v) is 7.28. The first kappa shape index (κ1) is 17.4. The summed E-state index contributed by atoms with van der Waals surface area (Å²) >= 11 is 0. The number of rotatable bonds is 6. The molecule has 0 aliphatic heterocycles. The van der Waals surface area contributed by atoms with Crippen molar-refractivity contribution in [2.24, 2.45) is 5.92 Å². The van der Waals surface area contributed by atoms with Crippen LogP contribution in [-0.2, 0) is 0 Å². The largest absolute Gasteiger partial charge is 0.393 e. The second kappa shape index (κ2) is 7.62. The van der Waals surface area contributed by atoms with Gasteiger partial charge in [-0.15, -0.1) is 0 Å². The summed E-state index contributed by atoms with van der Waals surface area (Å²) in [6, 6.07) is 2.26. The molecule has 5 nitrogen and oxygen atoms in total. The zero-order valence-electron chi connectivity index (χ0n) is 15.1. The van der Waals surface area contributed by atoms with Crippen molar-refractivity contribution in [2.75, 3.05) is 6.54 Å². The highest BCUT2D eigenvalue weighted by Crippen LogP contribution is 2.27. The summed E-state index contributed by atoms with van der Waals surface area (Å²) < 4.78 is 1.93. The first-order valence-electron chi connectivity index (χ1n) is 9.29. The Hall–Kier alpha value is -1.46. The molecule has 5 heteroatoms. The lowest BCUT2D eigenvalue weighted by Gasteiger charge is -2.27. The monoisotopic (exact) mass is 330 g/mol. The molecule has 1 aliphatic rings. The second-order valence-electron chi connectivity index (χ2n) is 7.28. The maximum Gasteiger partial charge on any atom is 0.155 e. The van der Waals surface area contributed by atoms with E-state index < -0.39 is 0 Å². The van der Waals surface area contributed by atoms with E-state index in [-0.39, 0.29) is 12.1 Å². The van der Waals surface area contributed by atoms with Crippen LogP contribution in [0.15, 0.2) is 12.3 Å². The van der Waals surface area contributed by atoms with Crippen LogP contribution >= 0.6 is 0 Å². The molecule has 1 saturated carbocycles. The number of nitrogens with zero attached hydrogens (tertiary/aromatic N) is 3. The molecule has 0 unspecified atom stereocenters. The lowest BCUT2D eigenvalue weighted by atomic mass is 9.83. The summed E-state index contributed by atoms with van der Waals surface area (Å²) in [4.78, 5) is 4.52. The maximum atomic E-state index is 10.1. The van der Waals surface area contributed by atoms with E-state index in [0.29, 0.717) is 5.92 Å². The summed E-state index contributed by atoms with van der Waals surface area (Å²) in [5.41, 5.74) is 4.25. The van der Waals surface area contributed by atoms with Crippen molar-refractivity contribution in [3.63, 3.8) is 0 Å². The van der Waals surface area contributed by atoms with Gasteiger partial charge < -0.3 is 10.4 Å². The van der Waals surface area contributed by atoms with Crippen molar-refractivity contribution < 1.29 is 5.11 Å². The molecule has 2 N–H and O–H groups in total. The normalized spacial score (nSPS) is 22.8. The Bertz CT molecular complexity index is 681. The molecule has 0 amide bonds. The van der Waals surface area contributed by atoms with Gasteiger partial charge in [0.2, 0.25) is 0 Å². The zero-order chi connectivity index (χ0) is 17.1. The number of hydrogen-bond acceptors (Lipinski definition) is 4. The first-order valence-corrected chi connectivity index (χ1v) is 9.29. The number of hydrogen-bond donors (Lipinski definition) is 2. The molecule has 0 bridgehead atoms. The Balaban J connectivity index is 1.53. The van der Waals surface area contributed by atoms with E-state index in [0.717, 1.165) is 42.8 Å². The summed E-state index contributed by atoms with van der Waals surface area (Å²) in [7, 11) is 0. The van der Waals surface area contributed by atoms with Gasteiger partial charge >= 0.3 is 0 Å². The van der Waals surface area contributed by atoms with Crippen molar-refractivity contribution in [2.45, 2.75) is 71.4 Å². The van der Waals surface area contributed by atoms with Gasteiger partial charge in [-0.3, -0.25) is 0 Å². The summed E-state index contributed by atoms with van der Waals surface area (Å²) in [6.45, 7) is 7.25. The van der Waals surface area contributed by atoms with Crippen molar-refractivity contribution in [1.82, 2.24) is 19.9 Å².